The molecule has 0 unspecified atom stereocenters. The van der Waals surface area contributed by atoms with Gasteiger partial charge in [-0.1, -0.05) is 5.16 Å². The average molecular weight is 297 g/mol. The van der Waals surface area contributed by atoms with E-state index in [0.717, 1.165) is 0 Å². The van der Waals surface area contributed by atoms with Crippen molar-refractivity contribution in [1.29, 1.82) is 0 Å². The molecule has 3 amide bonds. The Morgan fingerprint density at radius 1 is 1.24 bits per heavy atom. The topological polar surface area (TPSA) is 111 Å². The standard InChI is InChI=1S/C13H19N3O5/c1-7-10(8(2)21-16-7)11(18)20-6-9(17)14-12(19)15-13(3,4)5/h6H2,1-5H3,(H2,14,15,17,19). The van der Waals surface area contributed by atoms with Crippen molar-refractivity contribution in [2.24, 2.45) is 0 Å². The largest absolute Gasteiger partial charge is 0.452 e. The van der Waals surface area contributed by atoms with E-state index in [1.54, 1.807) is 34.6 Å². The fourth-order valence-electron chi connectivity index (χ4n) is 1.51. The molecular formula is C13H19N3O5. The molecule has 1 rings (SSSR count). The lowest BCUT2D eigenvalue weighted by molar-refractivity contribution is -0.123. The average Bonchev–Trinajstić information content (AvgIpc) is 2.63. The first-order chi connectivity index (χ1) is 9.60. The van der Waals surface area contributed by atoms with Crippen LogP contribution in [-0.4, -0.2) is 35.2 Å². The van der Waals surface area contributed by atoms with Gasteiger partial charge in [-0.25, -0.2) is 9.59 Å². The molecule has 0 aliphatic rings. The molecule has 8 heteroatoms. The van der Waals surface area contributed by atoms with Crippen LogP contribution in [0.3, 0.4) is 0 Å². The summed E-state index contributed by atoms with van der Waals surface area (Å²) in [6.07, 6.45) is 0. The highest BCUT2D eigenvalue weighted by atomic mass is 16.5. The van der Waals surface area contributed by atoms with Gasteiger partial charge in [-0.2, -0.15) is 0 Å². The maximum absolute atomic E-state index is 11.8. The summed E-state index contributed by atoms with van der Waals surface area (Å²) in [5, 5.41) is 8.22. The minimum absolute atomic E-state index is 0.182. The van der Waals surface area contributed by atoms with Crippen molar-refractivity contribution < 1.29 is 23.6 Å². The first kappa shape index (κ1) is 16.7. The fourth-order valence-corrected chi connectivity index (χ4v) is 1.51. The monoisotopic (exact) mass is 297 g/mol. The Morgan fingerprint density at radius 3 is 2.33 bits per heavy atom. The Bertz CT molecular complexity index is 537. The third kappa shape index (κ3) is 5.25. The lowest BCUT2D eigenvalue weighted by Gasteiger charge is -2.20. The molecule has 2 N–H and O–H groups in total. The molecule has 0 atom stereocenters. The molecular weight excluding hydrogens is 278 g/mol. The van der Waals surface area contributed by atoms with E-state index in [1.165, 1.54) is 0 Å². The van der Waals surface area contributed by atoms with E-state index < -0.39 is 30.1 Å². The number of hydrogen-bond acceptors (Lipinski definition) is 6. The molecule has 1 aromatic heterocycles. The number of aromatic nitrogens is 1. The Balaban J connectivity index is 2.47. The van der Waals surface area contributed by atoms with Crippen molar-refractivity contribution in [1.82, 2.24) is 15.8 Å². The van der Waals surface area contributed by atoms with Crippen LogP contribution in [0.1, 0.15) is 42.6 Å². The van der Waals surface area contributed by atoms with Crippen LogP contribution in [0.25, 0.3) is 0 Å². The second kappa shape index (κ2) is 6.38. The zero-order chi connectivity index (χ0) is 16.2. The number of hydrogen-bond donors (Lipinski definition) is 2. The SMILES string of the molecule is Cc1noc(C)c1C(=O)OCC(=O)NC(=O)NC(C)(C)C. The van der Waals surface area contributed by atoms with E-state index in [1.807, 2.05) is 0 Å². The summed E-state index contributed by atoms with van der Waals surface area (Å²) in [7, 11) is 0. The number of amides is 3. The summed E-state index contributed by atoms with van der Waals surface area (Å²) < 4.78 is 9.64. The highest BCUT2D eigenvalue weighted by Crippen LogP contribution is 2.13. The number of aryl methyl sites for hydroxylation is 2. The molecule has 1 heterocycles. The van der Waals surface area contributed by atoms with E-state index in [2.05, 4.69) is 15.8 Å². The van der Waals surface area contributed by atoms with E-state index >= 15 is 0 Å². The second-order valence-electron chi connectivity index (χ2n) is 5.53. The summed E-state index contributed by atoms with van der Waals surface area (Å²) in [6.45, 7) is 7.90. The number of urea groups is 1. The van der Waals surface area contributed by atoms with Crippen LogP contribution in [0.15, 0.2) is 4.52 Å². The third-order valence-electron chi connectivity index (χ3n) is 2.31. The zero-order valence-corrected chi connectivity index (χ0v) is 12.7. The Labute approximate surface area is 122 Å². The van der Waals surface area contributed by atoms with Gasteiger partial charge >= 0.3 is 12.0 Å². The van der Waals surface area contributed by atoms with Crippen molar-refractivity contribution in [3.05, 3.63) is 17.0 Å². The molecule has 116 valence electrons. The number of ether oxygens (including phenoxy) is 1. The summed E-state index contributed by atoms with van der Waals surface area (Å²) in [5.41, 5.74) is 0.0860. The molecule has 0 bridgehead atoms. The minimum Gasteiger partial charge on any atom is -0.452 e. The molecule has 0 spiro atoms. The number of nitrogens with zero attached hydrogens (tertiary/aromatic N) is 1. The lowest BCUT2D eigenvalue weighted by Crippen LogP contribution is -2.49. The van der Waals surface area contributed by atoms with Crippen LogP contribution >= 0.6 is 0 Å². The van der Waals surface area contributed by atoms with E-state index in [9.17, 15) is 14.4 Å². The summed E-state index contributed by atoms with van der Waals surface area (Å²) in [5.74, 6) is -1.14. The van der Waals surface area contributed by atoms with Gasteiger partial charge in [0.1, 0.15) is 11.3 Å². The molecule has 0 aliphatic heterocycles. The predicted octanol–water partition coefficient (Wildman–Crippen LogP) is 1.07. The summed E-state index contributed by atoms with van der Waals surface area (Å²) in [6, 6.07) is -0.652. The summed E-state index contributed by atoms with van der Waals surface area (Å²) in [4.78, 5) is 34.7. The fraction of sp³-hybridized carbons (Fsp3) is 0.538. The molecule has 0 saturated heterocycles. The normalized spacial score (nSPS) is 10.9. The van der Waals surface area contributed by atoms with E-state index in [0.29, 0.717) is 11.5 Å². The molecule has 0 aromatic carbocycles. The smallest absolute Gasteiger partial charge is 0.344 e. The van der Waals surface area contributed by atoms with Gasteiger partial charge in [-0.05, 0) is 34.6 Å². The van der Waals surface area contributed by atoms with Crippen molar-refractivity contribution in [3.8, 4) is 0 Å². The van der Waals surface area contributed by atoms with Crippen LogP contribution < -0.4 is 10.6 Å². The number of esters is 1. The number of rotatable bonds is 3. The second-order valence-corrected chi connectivity index (χ2v) is 5.53. The summed E-state index contributed by atoms with van der Waals surface area (Å²) >= 11 is 0. The minimum atomic E-state index is -0.725. The van der Waals surface area contributed by atoms with Gasteiger partial charge in [0.15, 0.2) is 6.61 Å². The molecule has 1 aromatic rings. The Morgan fingerprint density at radius 2 is 1.86 bits per heavy atom. The van der Waals surface area contributed by atoms with Crippen LogP contribution in [0.5, 0.6) is 0 Å². The maximum Gasteiger partial charge on any atom is 0.344 e. The van der Waals surface area contributed by atoms with Crippen molar-refractivity contribution in [3.63, 3.8) is 0 Å². The number of nitrogens with one attached hydrogen (secondary N) is 2. The number of carbonyl (C=O) groups excluding carboxylic acids is 3. The van der Waals surface area contributed by atoms with Crippen LogP contribution in [0, 0.1) is 13.8 Å². The Hall–Kier alpha value is -2.38. The molecule has 0 fully saturated rings. The number of imide groups is 1. The lowest BCUT2D eigenvalue weighted by atomic mass is 10.1. The van der Waals surface area contributed by atoms with Crippen molar-refractivity contribution in [2.45, 2.75) is 40.2 Å². The number of carbonyl (C=O) groups is 3. The van der Waals surface area contributed by atoms with Gasteiger partial charge in [0.05, 0.1) is 5.69 Å². The van der Waals surface area contributed by atoms with Gasteiger partial charge < -0.3 is 14.6 Å². The van der Waals surface area contributed by atoms with Crippen LogP contribution in [0.2, 0.25) is 0 Å². The van der Waals surface area contributed by atoms with Gasteiger partial charge in [-0.15, -0.1) is 0 Å². The first-order valence-electron chi connectivity index (χ1n) is 6.32. The third-order valence-corrected chi connectivity index (χ3v) is 2.31. The molecule has 0 saturated carbocycles. The quantitative estimate of drug-likeness (QED) is 0.807. The predicted molar refractivity (Wildman–Crippen MR) is 72.7 cm³/mol. The van der Waals surface area contributed by atoms with E-state index in [4.69, 9.17) is 9.26 Å². The van der Waals surface area contributed by atoms with Crippen molar-refractivity contribution in [2.75, 3.05) is 6.61 Å². The van der Waals surface area contributed by atoms with Crippen molar-refractivity contribution >= 4 is 17.9 Å². The van der Waals surface area contributed by atoms with E-state index in [-0.39, 0.29) is 5.56 Å². The first-order valence-corrected chi connectivity index (χ1v) is 6.32. The zero-order valence-electron chi connectivity index (χ0n) is 12.7. The van der Waals surface area contributed by atoms with Crippen LogP contribution in [-0.2, 0) is 9.53 Å². The molecule has 0 radical (unpaired) electrons. The maximum atomic E-state index is 11.8. The highest BCUT2D eigenvalue weighted by molar-refractivity contribution is 5.97. The van der Waals surface area contributed by atoms with Crippen LogP contribution in [0.4, 0.5) is 4.79 Å². The van der Waals surface area contributed by atoms with Gasteiger partial charge in [0, 0.05) is 5.54 Å². The molecule has 0 aliphatic carbocycles. The molecule has 8 nitrogen and oxygen atoms in total. The van der Waals surface area contributed by atoms with Gasteiger partial charge in [-0.3, -0.25) is 10.1 Å². The van der Waals surface area contributed by atoms with Gasteiger partial charge in [0.2, 0.25) is 0 Å². The van der Waals surface area contributed by atoms with Gasteiger partial charge in [0.25, 0.3) is 5.91 Å². The Kier molecular flexibility index (Phi) is 5.07. The molecule has 21 heavy (non-hydrogen) atoms. The highest BCUT2D eigenvalue weighted by Gasteiger charge is 2.21.